The largest absolute Gasteiger partial charge is 0.300 e. The molecule has 0 saturated carbocycles. The van der Waals surface area contributed by atoms with Crippen molar-refractivity contribution in [3.63, 3.8) is 0 Å². The maximum absolute atomic E-state index is 13.4. The Bertz CT molecular complexity index is 545. The molecule has 1 heterocycles. The summed E-state index contributed by atoms with van der Waals surface area (Å²) in [6, 6.07) is 6.70. The van der Waals surface area contributed by atoms with E-state index in [9.17, 15) is 12.8 Å². The Hall–Kier alpha value is -0.670. The van der Waals surface area contributed by atoms with Crippen LogP contribution in [0.1, 0.15) is 0 Å². The van der Waals surface area contributed by atoms with Crippen LogP contribution in [-0.4, -0.2) is 56.1 Å². The molecule has 20 heavy (non-hydrogen) atoms. The highest BCUT2D eigenvalue weighted by molar-refractivity contribution is 7.99. The first kappa shape index (κ1) is 15.7. The van der Waals surface area contributed by atoms with Crippen LogP contribution in [0.4, 0.5) is 4.39 Å². The highest BCUT2D eigenvalue weighted by Crippen LogP contribution is 2.21. The Morgan fingerprint density at radius 2 is 1.85 bits per heavy atom. The van der Waals surface area contributed by atoms with Crippen molar-refractivity contribution < 1.29 is 12.8 Å². The third kappa shape index (κ3) is 4.42. The second kappa shape index (κ2) is 6.86. The quantitative estimate of drug-likeness (QED) is 0.813. The lowest BCUT2D eigenvalue weighted by molar-refractivity contribution is 0.198. The highest BCUT2D eigenvalue weighted by atomic mass is 32.2. The van der Waals surface area contributed by atoms with Gasteiger partial charge in [-0.25, -0.2) is 9.53 Å². The molecule has 0 aliphatic carbocycles. The van der Waals surface area contributed by atoms with Crippen LogP contribution in [0.5, 0.6) is 0 Å². The zero-order valence-corrected chi connectivity index (χ0v) is 12.7. The second-order valence-corrected chi connectivity index (χ2v) is 7.25. The molecule has 0 atom stereocenters. The van der Waals surface area contributed by atoms with Crippen LogP contribution in [0, 0.1) is 5.82 Å². The molecule has 0 unspecified atom stereocenters. The van der Waals surface area contributed by atoms with E-state index in [1.165, 1.54) is 22.1 Å². The summed E-state index contributed by atoms with van der Waals surface area (Å²) in [6.45, 7) is 2.96. The summed E-state index contributed by atoms with van der Waals surface area (Å²) >= 11 is 1.47. The number of hydrogen-bond acceptors (Lipinski definition) is 4. The minimum atomic E-state index is -3.57. The molecule has 1 aliphatic heterocycles. The fraction of sp³-hybridized carbons (Fsp3) is 0.500. The van der Waals surface area contributed by atoms with E-state index in [1.54, 1.807) is 12.1 Å². The maximum atomic E-state index is 13.4. The zero-order chi connectivity index (χ0) is 14.6. The maximum Gasteiger partial charge on any atom is 0.276 e. The number of rotatable bonds is 5. The van der Waals surface area contributed by atoms with E-state index in [2.05, 4.69) is 4.90 Å². The highest BCUT2D eigenvalue weighted by Gasteiger charge is 2.23. The molecule has 8 heteroatoms. The van der Waals surface area contributed by atoms with Crippen LogP contribution >= 0.6 is 11.8 Å². The Balaban J connectivity index is 1.73. The van der Waals surface area contributed by atoms with E-state index in [4.69, 9.17) is 5.14 Å². The van der Waals surface area contributed by atoms with Crippen molar-refractivity contribution >= 4 is 22.0 Å². The number of hydrogen-bond donors (Lipinski definition) is 1. The molecule has 5 nitrogen and oxygen atoms in total. The lowest BCUT2D eigenvalue weighted by atomic mass is 10.3. The number of nitrogens with two attached hydrogens (primary N) is 1. The molecule has 2 N–H and O–H groups in total. The molecule has 0 radical (unpaired) electrons. The van der Waals surface area contributed by atoms with Crippen molar-refractivity contribution in [3.05, 3.63) is 30.1 Å². The first-order valence-electron chi connectivity index (χ1n) is 6.34. The molecule has 0 aromatic heterocycles. The molecule has 1 aromatic rings. The van der Waals surface area contributed by atoms with Crippen molar-refractivity contribution in [2.45, 2.75) is 4.90 Å². The average Bonchev–Trinajstić information content (AvgIpc) is 2.40. The van der Waals surface area contributed by atoms with E-state index in [0.717, 1.165) is 12.3 Å². The number of nitrogens with zero attached hydrogens (tertiary/aromatic N) is 2. The predicted molar refractivity (Wildman–Crippen MR) is 78.2 cm³/mol. The van der Waals surface area contributed by atoms with Crippen LogP contribution in [-0.2, 0) is 10.2 Å². The molecule has 0 bridgehead atoms. The molecule has 1 aliphatic rings. The van der Waals surface area contributed by atoms with Crippen molar-refractivity contribution in [1.82, 2.24) is 9.21 Å². The number of thioether (sulfide) groups is 1. The third-order valence-corrected chi connectivity index (χ3v) is 5.31. The van der Waals surface area contributed by atoms with Gasteiger partial charge in [0.2, 0.25) is 0 Å². The summed E-state index contributed by atoms with van der Waals surface area (Å²) in [4.78, 5) is 2.81. The predicted octanol–water partition coefficient (Wildman–Crippen LogP) is 0.739. The van der Waals surface area contributed by atoms with E-state index in [1.807, 2.05) is 6.07 Å². The Labute approximate surface area is 123 Å². The lowest BCUT2D eigenvalue weighted by Gasteiger charge is -2.32. The van der Waals surface area contributed by atoms with Crippen LogP contribution in [0.25, 0.3) is 0 Å². The van der Waals surface area contributed by atoms with Crippen molar-refractivity contribution in [2.24, 2.45) is 5.14 Å². The number of halogens is 1. The Kier molecular flexibility index (Phi) is 5.39. The summed E-state index contributed by atoms with van der Waals surface area (Å²) in [5.74, 6) is 0.576. The van der Waals surface area contributed by atoms with Crippen molar-refractivity contribution in [2.75, 3.05) is 38.5 Å². The summed E-state index contributed by atoms with van der Waals surface area (Å²) in [7, 11) is -3.57. The number of piperazine rings is 1. The zero-order valence-electron chi connectivity index (χ0n) is 11.0. The topological polar surface area (TPSA) is 66.6 Å². The molecule has 0 spiro atoms. The molecule has 1 aromatic carbocycles. The van der Waals surface area contributed by atoms with E-state index < -0.39 is 10.2 Å². The van der Waals surface area contributed by atoms with E-state index in [-0.39, 0.29) is 5.82 Å². The first-order valence-corrected chi connectivity index (χ1v) is 8.83. The van der Waals surface area contributed by atoms with Gasteiger partial charge in [-0.15, -0.1) is 11.8 Å². The van der Waals surface area contributed by atoms with Gasteiger partial charge in [0.25, 0.3) is 10.2 Å². The van der Waals surface area contributed by atoms with Crippen LogP contribution in [0.2, 0.25) is 0 Å². The van der Waals surface area contributed by atoms with Crippen molar-refractivity contribution in [3.8, 4) is 0 Å². The van der Waals surface area contributed by atoms with Gasteiger partial charge in [-0.2, -0.15) is 12.7 Å². The molecule has 1 saturated heterocycles. The lowest BCUT2D eigenvalue weighted by Crippen LogP contribution is -2.50. The van der Waals surface area contributed by atoms with E-state index in [0.29, 0.717) is 31.1 Å². The molecular formula is C12H18FN3O2S2. The normalized spacial score (nSPS) is 18.3. The second-order valence-electron chi connectivity index (χ2n) is 4.56. The third-order valence-electron chi connectivity index (χ3n) is 3.19. The molecule has 112 valence electrons. The summed E-state index contributed by atoms with van der Waals surface area (Å²) < 4.78 is 37.0. The fourth-order valence-corrected chi connectivity index (χ4v) is 3.68. The Morgan fingerprint density at radius 1 is 1.20 bits per heavy atom. The van der Waals surface area contributed by atoms with Gasteiger partial charge < -0.3 is 0 Å². The van der Waals surface area contributed by atoms with Gasteiger partial charge in [0, 0.05) is 43.4 Å². The minimum absolute atomic E-state index is 0.198. The van der Waals surface area contributed by atoms with Gasteiger partial charge in [-0.3, -0.25) is 4.90 Å². The monoisotopic (exact) mass is 319 g/mol. The summed E-state index contributed by atoms with van der Waals surface area (Å²) in [5.41, 5.74) is 0. The van der Waals surface area contributed by atoms with Gasteiger partial charge in [0.05, 0.1) is 0 Å². The van der Waals surface area contributed by atoms with Gasteiger partial charge >= 0.3 is 0 Å². The van der Waals surface area contributed by atoms with Crippen LogP contribution in [0.15, 0.2) is 29.2 Å². The standard InChI is InChI=1S/C12H18FN3O2S2/c13-11-3-1-2-4-12(11)19-10-9-15-5-7-16(8-6-15)20(14,17)18/h1-4H,5-10H2,(H2,14,17,18). The van der Waals surface area contributed by atoms with Crippen LogP contribution < -0.4 is 5.14 Å². The molecule has 2 rings (SSSR count). The summed E-state index contributed by atoms with van der Waals surface area (Å²) in [5, 5.41) is 5.08. The smallest absolute Gasteiger partial charge is 0.276 e. The summed E-state index contributed by atoms with van der Waals surface area (Å²) in [6.07, 6.45) is 0. The molecular weight excluding hydrogens is 301 g/mol. The number of benzene rings is 1. The van der Waals surface area contributed by atoms with E-state index >= 15 is 0 Å². The Morgan fingerprint density at radius 3 is 2.45 bits per heavy atom. The van der Waals surface area contributed by atoms with Crippen LogP contribution in [0.3, 0.4) is 0 Å². The van der Waals surface area contributed by atoms with Gasteiger partial charge in [-0.05, 0) is 12.1 Å². The first-order chi connectivity index (χ1) is 9.47. The van der Waals surface area contributed by atoms with Gasteiger partial charge in [0.15, 0.2) is 0 Å². The molecule has 0 amide bonds. The van der Waals surface area contributed by atoms with Gasteiger partial charge in [-0.1, -0.05) is 12.1 Å². The van der Waals surface area contributed by atoms with Gasteiger partial charge in [0.1, 0.15) is 5.82 Å². The SMILES string of the molecule is NS(=O)(=O)N1CCN(CCSc2ccccc2F)CC1. The van der Waals surface area contributed by atoms with Crippen molar-refractivity contribution in [1.29, 1.82) is 0 Å². The average molecular weight is 319 g/mol. The fourth-order valence-electron chi connectivity index (χ4n) is 2.05. The minimum Gasteiger partial charge on any atom is -0.300 e. The molecule has 1 fully saturated rings.